The van der Waals surface area contributed by atoms with Crippen molar-refractivity contribution in [1.82, 2.24) is 0 Å². The monoisotopic (exact) mass is 241 g/mol. The molecule has 0 heterocycles. The summed E-state index contributed by atoms with van der Waals surface area (Å²) >= 11 is 0. The highest BCUT2D eigenvalue weighted by Crippen LogP contribution is 2.19. The summed E-state index contributed by atoms with van der Waals surface area (Å²) < 4.78 is 0. The molecule has 0 aromatic heterocycles. The van der Waals surface area contributed by atoms with E-state index in [0.29, 0.717) is 6.54 Å². The maximum atomic E-state index is 10.2. The zero-order valence-corrected chi connectivity index (χ0v) is 10.9. The standard InChI is InChI=1S/C16H19NO/c1-12-7-3-5-9-14(12)16(18)11-17-15-10-6-4-8-13(15)2/h3-10,16-18H,11H2,1-2H3. The summed E-state index contributed by atoms with van der Waals surface area (Å²) in [6.07, 6.45) is -0.481. The van der Waals surface area contributed by atoms with E-state index in [9.17, 15) is 5.11 Å². The quantitative estimate of drug-likeness (QED) is 0.859. The van der Waals surface area contributed by atoms with Crippen molar-refractivity contribution in [3.63, 3.8) is 0 Å². The molecule has 94 valence electrons. The van der Waals surface area contributed by atoms with E-state index < -0.39 is 6.10 Å². The molecule has 0 bridgehead atoms. The van der Waals surface area contributed by atoms with E-state index in [0.717, 1.165) is 16.8 Å². The Hall–Kier alpha value is -1.80. The Bertz CT molecular complexity index is 522. The third-order valence-corrected chi connectivity index (χ3v) is 3.18. The number of benzene rings is 2. The van der Waals surface area contributed by atoms with Crippen LogP contribution in [0, 0.1) is 13.8 Å². The lowest BCUT2D eigenvalue weighted by atomic mass is 10.0. The van der Waals surface area contributed by atoms with Crippen molar-refractivity contribution in [3.05, 3.63) is 65.2 Å². The fraction of sp³-hybridized carbons (Fsp3) is 0.250. The Kier molecular flexibility index (Phi) is 4.00. The molecule has 2 rings (SSSR count). The highest BCUT2D eigenvalue weighted by Gasteiger charge is 2.09. The van der Waals surface area contributed by atoms with E-state index >= 15 is 0 Å². The molecule has 2 aromatic rings. The third-order valence-electron chi connectivity index (χ3n) is 3.18. The molecule has 0 saturated carbocycles. The van der Waals surface area contributed by atoms with Crippen LogP contribution in [0.2, 0.25) is 0 Å². The van der Waals surface area contributed by atoms with Crippen LogP contribution in [0.5, 0.6) is 0 Å². The van der Waals surface area contributed by atoms with E-state index in [4.69, 9.17) is 0 Å². The first-order valence-electron chi connectivity index (χ1n) is 6.21. The van der Waals surface area contributed by atoms with Crippen molar-refractivity contribution < 1.29 is 5.11 Å². The average molecular weight is 241 g/mol. The number of para-hydroxylation sites is 1. The summed E-state index contributed by atoms with van der Waals surface area (Å²) in [6.45, 7) is 4.60. The molecular formula is C16H19NO. The van der Waals surface area contributed by atoms with Crippen molar-refractivity contribution in [2.24, 2.45) is 0 Å². The molecule has 0 fully saturated rings. The van der Waals surface area contributed by atoms with Gasteiger partial charge in [-0.25, -0.2) is 0 Å². The summed E-state index contributed by atoms with van der Waals surface area (Å²) in [5.74, 6) is 0. The van der Waals surface area contributed by atoms with Crippen LogP contribution in [0.3, 0.4) is 0 Å². The van der Waals surface area contributed by atoms with Gasteiger partial charge in [-0.05, 0) is 36.6 Å². The SMILES string of the molecule is Cc1ccccc1NCC(O)c1ccccc1C. The van der Waals surface area contributed by atoms with Crippen LogP contribution >= 0.6 is 0 Å². The maximum Gasteiger partial charge on any atom is 0.0964 e. The second kappa shape index (κ2) is 5.69. The van der Waals surface area contributed by atoms with Crippen molar-refractivity contribution in [2.45, 2.75) is 20.0 Å². The summed E-state index contributed by atoms with van der Waals surface area (Å²) in [4.78, 5) is 0. The Morgan fingerprint density at radius 3 is 2.22 bits per heavy atom. The number of rotatable bonds is 4. The van der Waals surface area contributed by atoms with Gasteiger partial charge in [0.25, 0.3) is 0 Å². The van der Waals surface area contributed by atoms with Crippen LogP contribution in [-0.4, -0.2) is 11.7 Å². The normalized spacial score (nSPS) is 12.2. The number of nitrogens with one attached hydrogen (secondary N) is 1. The van der Waals surface area contributed by atoms with Gasteiger partial charge in [0, 0.05) is 12.2 Å². The van der Waals surface area contributed by atoms with Crippen LogP contribution in [0.1, 0.15) is 22.8 Å². The lowest BCUT2D eigenvalue weighted by Crippen LogP contribution is -2.13. The van der Waals surface area contributed by atoms with Crippen LogP contribution in [0.4, 0.5) is 5.69 Å². The van der Waals surface area contributed by atoms with Gasteiger partial charge in [0.05, 0.1) is 6.10 Å². The first-order valence-corrected chi connectivity index (χ1v) is 6.21. The second-order valence-corrected chi connectivity index (χ2v) is 4.57. The molecule has 1 atom stereocenters. The van der Waals surface area contributed by atoms with Crippen molar-refractivity contribution >= 4 is 5.69 Å². The Labute approximate surface area is 108 Å². The number of aliphatic hydroxyl groups excluding tert-OH is 1. The van der Waals surface area contributed by atoms with Crippen LogP contribution in [0.15, 0.2) is 48.5 Å². The van der Waals surface area contributed by atoms with Gasteiger partial charge >= 0.3 is 0 Å². The Morgan fingerprint density at radius 2 is 1.56 bits per heavy atom. The van der Waals surface area contributed by atoms with Gasteiger partial charge in [0.2, 0.25) is 0 Å². The first kappa shape index (κ1) is 12.7. The van der Waals surface area contributed by atoms with Gasteiger partial charge in [0.15, 0.2) is 0 Å². The lowest BCUT2D eigenvalue weighted by Gasteiger charge is -2.16. The van der Waals surface area contributed by atoms with E-state index in [1.165, 1.54) is 5.56 Å². The van der Waals surface area contributed by atoms with Gasteiger partial charge < -0.3 is 10.4 Å². The number of aryl methyl sites for hydroxylation is 2. The molecule has 1 unspecified atom stereocenters. The number of hydrogen-bond donors (Lipinski definition) is 2. The van der Waals surface area contributed by atoms with E-state index in [-0.39, 0.29) is 0 Å². The van der Waals surface area contributed by atoms with Crippen molar-refractivity contribution in [2.75, 3.05) is 11.9 Å². The zero-order chi connectivity index (χ0) is 13.0. The van der Waals surface area contributed by atoms with E-state index in [2.05, 4.69) is 18.3 Å². The highest BCUT2D eigenvalue weighted by molar-refractivity contribution is 5.50. The van der Waals surface area contributed by atoms with Crippen molar-refractivity contribution in [3.8, 4) is 0 Å². The molecule has 2 N–H and O–H groups in total. The molecule has 0 saturated heterocycles. The van der Waals surface area contributed by atoms with Crippen LogP contribution in [0.25, 0.3) is 0 Å². The molecular weight excluding hydrogens is 222 g/mol. The Balaban J connectivity index is 2.03. The van der Waals surface area contributed by atoms with Crippen molar-refractivity contribution in [1.29, 1.82) is 0 Å². The molecule has 2 heteroatoms. The second-order valence-electron chi connectivity index (χ2n) is 4.57. The Morgan fingerprint density at radius 1 is 0.944 bits per heavy atom. The molecule has 2 aromatic carbocycles. The number of hydrogen-bond acceptors (Lipinski definition) is 2. The minimum Gasteiger partial charge on any atom is -0.387 e. The topological polar surface area (TPSA) is 32.3 Å². The molecule has 0 aliphatic heterocycles. The zero-order valence-electron chi connectivity index (χ0n) is 10.9. The fourth-order valence-electron chi connectivity index (χ4n) is 2.05. The largest absolute Gasteiger partial charge is 0.387 e. The van der Waals surface area contributed by atoms with Gasteiger partial charge in [0.1, 0.15) is 0 Å². The third kappa shape index (κ3) is 2.90. The number of anilines is 1. The van der Waals surface area contributed by atoms with E-state index in [1.54, 1.807) is 0 Å². The van der Waals surface area contributed by atoms with Crippen LogP contribution in [-0.2, 0) is 0 Å². The summed E-state index contributed by atoms with van der Waals surface area (Å²) in [5, 5.41) is 13.5. The molecule has 18 heavy (non-hydrogen) atoms. The predicted molar refractivity (Wildman–Crippen MR) is 75.8 cm³/mol. The molecule has 2 nitrogen and oxygen atoms in total. The smallest absolute Gasteiger partial charge is 0.0964 e. The molecule has 0 aliphatic carbocycles. The predicted octanol–water partition coefficient (Wildman–Crippen LogP) is 3.45. The molecule has 0 amide bonds. The van der Waals surface area contributed by atoms with Crippen LogP contribution < -0.4 is 5.32 Å². The molecule has 0 radical (unpaired) electrons. The van der Waals surface area contributed by atoms with Gasteiger partial charge in [-0.2, -0.15) is 0 Å². The van der Waals surface area contributed by atoms with Gasteiger partial charge in [-0.3, -0.25) is 0 Å². The fourth-order valence-corrected chi connectivity index (χ4v) is 2.05. The minimum absolute atomic E-state index is 0.481. The number of aliphatic hydroxyl groups is 1. The highest BCUT2D eigenvalue weighted by atomic mass is 16.3. The average Bonchev–Trinajstić information content (AvgIpc) is 2.38. The first-order chi connectivity index (χ1) is 8.68. The van der Waals surface area contributed by atoms with Gasteiger partial charge in [-0.1, -0.05) is 42.5 Å². The van der Waals surface area contributed by atoms with E-state index in [1.807, 2.05) is 49.4 Å². The summed E-state index contributed by atoms with van der Waals surface area (Å²) in [7, 11) is 0. The molecule has 0 spiro atoms. The van der Waals surface area contributed by atoms with Gasteiger partial charge in [-0.15, -0.1) is 0 Å². The lowest BCUT2D eigenvalue weighted by molar-refractivity contribution is 0.191. The summed E-state index contributed by atoms with van der Waals surface area (Å²) in [6, 6.07) is 16.0. The summed E-state index contributed by atoms with van der Waals surface area (Å²) in [5.41, 5.74) is 4.37. The minimum atomic E-state index is -0.481. The molecule has 0 aliphatic rings. The maximum absolute atomic E-state index is 10.2.